The highest BCUT2D eigenvalue weighted by molar-refractivity contribution is 6.05. The van der Waals surface area contributed by atoms with Gasteiger partial charge in [0.25, 0.3) is 5.91 Å². The van der Waals surface area contributed by atoms with Crippen LogP contribution in [0.3, 0.4) is 0 Å². The molecule has 1 atom stereocenters. The maximum absolute atomic E-state index is 12.6. The minimum Gasteiger partial charge on any atom is -0.382 e. The van der Waals surface area contributed by atoms with Crippen LogP contribution in [0.5, 0.6) is 0 Å². The normalized spacial score (nSPS) is 16.3. The zero-order valence-electron chi connectivity index (χ0n) is 16.8. The van der Waals surface area contributed by atoms with Gasteiger partial charge in [0.1, 0.15) is 0 Å². The van der Waals surface area contributed by atoms with E-state index in [1.807, 2.05) is 6.92 Å². The van der Waals surface area contributed by atoms with E-state index < -0.39 is 0 Å². The number of benzene rings is 1. The number of anilines is 1. The number of ether oxygens (including phenoxy) is 1. The average Bonchev–Trinajstić information content (AvgIpc) is 3.07. The molecule has 1 aliphatic heterocycles. The standard InChI is InChI=1S/C21H31N3O4/c1-3-5-12-24-15-16(14-19(24)25)20(26)23-18-10-7-6-9-17(18)21(27)22-11-8-13-28-4-2/h6-7,9-10,16H,3-5,8,11-15H2,1-2H3,(H,22,27)(H,23,26). The van der Waals surface area contributed by atoms with Gasteiger partial charge in [0, 0.05) is 39.3 Å². The summed E-state index contributed by atoms with van der Waals surface area (Å²) in [5.74, 6) is -0.816. The van der Waals surface area contributed by atoms with Crippen LogP contribution in [0.2, 0.25) is 0 Å². The number of para-hydroxylation sites is 1. The third-order valence-corrected chi connectivity index (χ3v) is 4.75. The van der Waals surface area contributed by atoms with Crippen LogP contribution >= 0.6 is 0 Å². The molecule has 1 aromatic carbocycles. The smallest absolute Gasteiger partial charge is 0.253 e. The van der Waals surface area contributed by atoms with Crippen molar-refractivity contribution in [1.29, 1.82) is 0 Å². The number of nitrogens with one attached hydrogen (secondary N) is 2. The van der Waals surface area contributed by atoms with Crippen molar-refractivity contribution in [2.45, 2.75) is 39.5 Å². The van der Waals surface area contributed by atoms with Gasteiger partial charge in [-0.05, 0) is 31.9 Å². The van der Waals surface area contributed by atoms with Crippen LogP contribution in [0.4, 0.5) is 5.69 Å². The van der Waals surface area contributed by atoms with Crippen LogP contribution in [0.25, 0.3) is 0 Å². The molecule has 154 valence electrons. The number of carbonyl (C=O) groups is 3. The van der Waals surface area contributed by atoms with Gasteiger partial charge in [-0.1, -0.05) is 25.5 Å². The third-order valence-electron chi connectivity index (χ3n) is 4.75. The van der Waals surface area contributed by atoms with E-state index in [0.29, 0.717) is 44.1 Å². The van der Waals surface area contributed by atoms with Crippen LogP contribution in [0, 0.1) is 5.92 Å². The van der Waals surface area contributed by atoms with Crippen molar-refractivity contribution in [2.75, 3.05) is 38.2 Å². The molecule has 0 aromatic heterocycles. The predicted molar refractivity (Wildman–Crippen MR) is 108 cm³/mol. The van der Waals surface area contributed by atoms with E-state index in [9.17, 15) is 14.4 Å². The first-order valence-corrected chi connectivity index (χ1v) is 10.1. The van der Waals surface area contributed by atoms with E-state index in [4.69, 9.17) is 4.74 Å². The number of hydrogen-bond donors (Lipinski definition) is 2. The van der Waals surface area contributed by atoms with Crippen LogP contribution in [0.1, 0.15) is 49.9 Å². The lowest BCUT2D eigenvalue weighted by Crippen LogP contribution is -2.30. The van der Waals surface area contributed by atoms with E-state index in [-0.39, 0.29) is 30.1 Å². The minimum absolute atomic E-state index is 0.0222. The molecule has 0 bridgehead atoms. The molecule has 2 rings (SSSR count). The Kier molecular flexibility index (Phi) is 8.94. The Morgan fingerprint density at radius 2 is 2.00 bits per heavy atom. The molecule has 1 aliphatic rings. The molecular weight excluding hydrogens is 358 g/mol. The summed E-state index contributed by atoms with van der Waals surface area (Å²) in [6, 6.07) is 6.92. The molecular formula is C21H31N3O4. The lowest BCUT2D eigenvalue weighted by Gasteiger charge is -2.16. The summed E-state index contributed by atoms with van der Waals surface area (Å²) in [5.41, 5.74) is 0.883. The van der Waals surface area contributed by atoms with E-state index >= 15 is 0 Å². The third kappa shape index (κ3) is 6.34. The van der Waals surface area contributed by atoms with Crippen molar-refractivity contribution < 1.29 is 19.1 Å². The van der Waals surface area contributed by atoms with Gasteiger partial charge in [-0.15, -0.1) is 0 Å². The zero-order valence-corrected chi connectivity index (χ0v) is 16.8. The number of hydrogen-bond acceptors (Lipinski definition) is 4. The van der Waals surface area contributed by atoms with Crippen molar-refractivity contribution >= 4 is 23.4 Å². The first-order chi connectivity index (χ1) is 13.6. The van der Waals surface area contributed by atoms with E-state index in [0.717, 1.165) is 19.3 Å². The van der Waals surface area contributed by atoms with Crippen molar-refractivity contribution in [3.05, 3.63) is 29.8 Å². The highest BCUT2D eigenvalue weighted by Gasteiger charge is 2.34. The number of amides is 3. The molecule has 2 N–H and O–H groups in total. The van der Waals surface area contributed by atoms with Gasteiger partial charge in [-0.25, -0.2) is 0 Å². The topological polar surface area (TPSA) is 87.7 Å². The van der Waals surface area contributed by atoms with Crippen LogP contribution in [0.15, 0.2) is 24.3 Å². The molecule has 0 saturated carbocycles. The Morgan fingerprint density at radius 3 is 2.75 bits per heavy atom. The van der Waals surface area contributed by atoms with Gasteiger partial charge in [0.15, 0.2) is 0 Å². The molecule has 0 spiro atoms. The molecule has 7 nitrogen and oxygen atoms in total. The highest BCUT2D eigenvalue weighted by Crippen LogP contribution is 2.22. The first-order valence-electron chi connectivity index (χ1n) is 10.1. The highest BCUT2D eigenvalue weighted by atomic mass is 16.5. The van der Waals surface area contributed by atoms with Crippen molar-refractivity contribution in [3.63, 3.8) is 0 Å². The van der Waals surface area contributed by atoms with Crippen molar-refractivity contribution in [3.8, 4) is 0 Å². The molecule has 1 unspecified atom stereocenters. The number of rotatable bonds is 11. The Balaban J connectivity index is 1.92. The van der Waals surface area contributed by atoms with Crippen molar-refractivity contribution in [2.24, 2.45) is 5.92 Å². The Labute approximate surface area is 166 Å². The zero-order chi connectivity index (χ0) is 20.4. The molecule has 3 amide bonds. The SMILES string of the molecule is CCCCN1CC(C(=O)Nc2ccccc2C(=O)NCCCOCC)CC1=O. The van der Waals surface area contributed by atoms with Gasteiger partial charge < -0.3 is 20.3 Å². The molecule has 1 heterocycles. The lowest BCUT2D eigenvalue weighted by atomic mass is 10.1. The molecule has 1 saturated heterocycles. The van der Waals surface area contributed by atoms with Gasteiger partial charge in [0.05, 0.1) is 17.2 Å². The maximum atomic E-state index is 12.6. The van der Waals surface area contributed by atoms with E-state index in [1.54, 1.807) is 29.2 Å². The quantitative estimate of drug-likeness (QED) is 0.569. The van der Waals surface area contributed by atoms with E-state index in [2.05, 4.69) is 17.6 Å². The summed E-state index contributed by atoms with van der Waals surface area (Å²) in [5, 5.41) is 5.68. The second-order valence-electron chi connectivity index (χ2n) is 6.94. The monoisotopic (exact) mass is 389 g/mol. The van der Waals surface area contributed by atoms with E-state index in [1.165, 1.54) is 0 Å². The van der Waals surface area contributed by atoms with Gasteiger partial charge >= 0.3 is 0 Å². The minimum atomic E-state index is -0.383. The number of nitrogens with zero attached hydrogens (tertiary/aromatic N) is 1. The number of likely N-dealkylation sites (tertiary alicyclic amines) is 1. The fraction of sp³-hybridized carbons (Fsp3) is 0.571. The van der Waals surface area contributed by atoms with Gasteiger partial charge in [0.2, 0.25) is 11.8 Å². The Bertz CT molecular complexity index is 677. The summed E-state index contributed by atoms with van der Waals surface area (Å²) in [6.07, 6.45) is 2.90. The lowest BCUT2D eigenvalue weighted by molar-refractivity contribution is -0.128. The summed E-state index contributed by atoms with van der Waals surface area (Å²) in [6.45, 7) is 6.89. The van der Waals surface area contributed by atoms with Gasteiger partial charge in [-0.2, -0.15) is 0 Å². The molecule has 1 fully saturated rings. The maximum Gasteiger partial charge on any atom is 0.253 e. The predicted octanol–water partition coefficient (Wildman–Crippen LogP) is 2.43. The summed E-state index contributed by atoms with van der Waals surface area (Å²) >= 11 is 0. The Hall–Kier alpha value is -2.41. The fourth-order valence-corrected chi connectivity index (χ4v) is 3.15. The first kappa shape index (κ1) is 21.9. The molecule has 1 aromatic rings. The van der Waals surface area contributed by atoms with Crippen molar-refractivity contribution in [1.82, 2.24) is 10.2 Å². The molecule has 0 aliphatic carbocycles. The van der Waals surface area contributed by atoms with Gasteiger partial charge in [-0.3, -0.25) is 14.4 Å². The summed E-state index contributed by atoms with van der Waals surface area (Å²) in [4.78, 5) is 38.9. The largest absolute Gasteiger partial charge is 0.382 e. The average molecular weight is 389 g/mol. The van der Waals surface area contributed by atoms with Crippen LogP contribution < -0.4 is 10.6 Å². The number of carbonyl (C=O) groups excluding carboxylic acids is 3. The Morgan fingerprint density at radius 1 is 1.21 bits per heavy atom. The second-order valence-corrected chi connectivity index (χ2v) is 6.94. The summed E-state index contributed by atoms with van der Waals surface area (Å²) in [7, 11) is 0. The van der Waals surface area contributed by atoms with Crippen LogP contribution in [-0.2, 0) is 14.3 Å². The molecule has 0 radical (unpaired) electrons. The van der Waals surface area contributed by atoms with Crippen LogP contribution in [-0.4, -0.2) is 55.5 Å². The second kappa shape index (κ2) is 11.4. The summed E-state index contributed by atoms with van der Waals surface area (Å²) < 4.78 is 5.26. The number of unbranched alkanes of at least 4 members (excludes halogenated alkanes) is 1. The molecule has 7 heteroatoms. The molecule has 28 heavy (non-hydrogen) atoms. The fourth-order valence-electron chi connectivity index (χ4n) is 3.15.